The molecule has 33 heavy (non-hydrogen) atoms. The number of benzene rings is 1. The topological polar surface area (TPSA) is 88.6 Å². The number of anilines is 1. The molecule has 0 spiro atoms. The summed E-state index contributed by atoms with van der Waals surface area (Å²) in [6.45, 7) is 3.30. The van der Waals surface area contributed by atoms with Crippen LogP contribution in [0.15, 0.2) is 41.4 Å². The number of hydrogen-bond acceptors (Lipinski definition) is 6. The molecular formula is C23H27ClFN3O4S. The number of rotatable bonds is 6. The first kappa shape index (κ1) is 23.8. The number of pyridine rings is 1. The molecule has 2 saturated heterocycles. The zero-order valence-electron chi connectivity index (χ0n) is 18.7. The van der Waals surface area contributed by atoms with Crippen molar-refractivity contribution in [3.05, 3.63) is 47.4 Å². The molecule has 2 fully saturated rings. The standard InChI is InChI=1S/C23H27ClFN3O4S/c1-23(2,32-20-8-4-14(25)10-19(20)24)22(29)27-15-11-16-5-6-17(12-15)28(16)21-9-7-18(13-26-21)33(3,30)31/h4,7-10,13,15-17H,5-6,11-12H2,1-3H3,(H,27,29). The van der Waals surface area contributed by atoms with Gasteiger partial charge in [-0.05, 0) is 69.9 Å². The third-order valence-corrected chi connectivity index (χ3v) is 7.68. The Labute approximate surface area is 198 Å². The molecule has 1 aromatic carbocycles. The average molecular weight is 496 g/mol. The summed E-state index contributed by atoms with van der Waals surface area (Å²) in [5.41, 5.74) is -1.19. The molecule has 4 rings (SSSR count). The first-order chi connectivity index (χ1) is 15.4. The monoisotopic (exact) mass is 495 g/mol. The van der Waals surface area contributed by atoms with Gasteiger partial charge in [0.2, 0.25) is 0 Å². The number of sulfone groups is 1. The lowest BCUT2D eigenvalue weighted by Crippen LogP contribution is -2.55. The normalized spacial score (nSPS) is 22.8. The van der Waals surface area contributed by atoms with E-state index in [1.54, 1.807) is 26.0 Å². The number of piperidine rings is 1. The van der Waals surface area contributed by atoms with Gasteiger partial charge < -0.3 is 15.0 Å². The summed E-state index contributed by atoms with van der Waals surface area (Å²) >= 11 is 6.05. The van der Waals surface area contributed by atoms with Crippen LogP contribution < -0.4 is 15.0 Å². The molecule has 1 amide bonds. The van der Waals surface area contributed by atoms with Crippen LogP contribution in [0.25, 0.3) is 0 Å². The second-order valence-corrected chi connectivity index (χ2v) is 11.7. The zero-order valence-corrected chi connectivity index (χ0v) is 20.3. The number of hydrogen-bond donors (Lipinski definition) is 1. The van der Waals surface area contributed by atoms with E-state index < -0.39 is 21.3 Å². The summed E-state index contributed by atoms with van der Waals surface area (Å²) < 4.78 is 42.5. The van der Waals surface area contributed by atoms with E-state index in [1.807, 2.05) is 0 Å². The predicted molar refractivity (Wildman–Crippen MR) is 124 cm³/mol. The molecule has 2 atom stereocenters. The smallest absolute Gasteiger partial charge is 0.263 e. The Bertz CT molecular complexity index is 1140. The van der Waals surface area contributed by atoms with Crippen LogP contribution in [-0.4, -0.2) is 49.3 Å². The van der Waals surface area contributed by atoms with Gasteiger partial charge in [-0.1, -0.05) is 11.6 Å². The molecular weight excluding hydrogens is 469 g/mol. The van der Waals surface area contributed by atoms with Gasteiger partial charge in [0.05, 0.1) is 9.92 Å². The fourth-order valence-electron chi connectivity index (χ4n) is 4.65. The maximum Gasteiger partial charge on any atom is 0.263 e. The molecule has 2 aliphatic heterocycles. The summed E-state index contributed by atoms with van der Waals surface area (Å²) in [5.74, 6) is 0.264. The van der Waals surface area contributed by atoms with Gasteiger partial charge in [-0.3, -0.25) is 4.79 Å². The number of nitrogens with one attached hydrogen (secondary N) is 1. The number of nitrogens with zero attached hydrogens (tertiary/aromatic N) is 2. The van der Waals surface area contributed by atoms with Gasteiger partial charge in [0, 0.05) is 30.6 Å². The highest BCUT2D eigenvalue weighted by Crippen LogP contribution is 2.39. The summed E-state index contributed by atoms with van der Waals surface area (Å²) in [4.78, 5) is 19.8. The molecule has 2 aromatic rings. The highest BCUT2D eigenvalue weighted by Gasteiger charge is 2.43. The fraction of sp³-hybridized carbons (Fsp3) is 0.478. The van der Waals surface area contributed by atoms with E-state index in [1.165, 1.54) is 18.3 Å². The minimum absolute atomic E-state index is 0.0203. The Balaban J connectivity index is 1.41. The van der Waals surface area contributed by atoms with E-state index in [2.05, 4.69) is 15.2 Å². The Kier molecular flexibility index (Phi) is 6.30. The lowest BCUT2D eigenvalue weighted by atomic mass is 9.96. The van der Waals surface area contributed by atoms with Gasteiger partial charge in [0.1, 0.15) is 17.4 Å². The van der Waals surface area contributed by atoms with Crippen LogP contribution in [-0.2, 0) is 14.6 Å². The molecule has 0 aliphatic carbocycles. The minimum Gasteiger partial charge on any atom is -0.476 e. The molecule has 1 N–H and O–H groups in total. The third kappa shape index (κ3) is 5.09. The molecule has 2 unspecified atom stereocenters. The van der Waals surface area contributed by atoms with Gasteiger partial charge in [-0.15, -0.1) is 0 Å². The first-order valence-electron chi connectivity index (χ1n) is 10.8. The molecule has 0 radical (unpaired) electrons. The predicted octanol–water partition coefficient (Wildman–Crippen LogP) is 3.75. The van der Waals surface area contributed by atoms with Crippen molar-refractivity contribution in [2.75, 3.05) is 11.2 Å². The van der Waals surface area contributed by atoms with Crippen LogP contribution in [0.4, 0.5) is 10.2 Å². The van der Waals surface area contributed by atoms with Crippen LogP contribution in [0.3, 0.4) is 0 Å². The molecule has 2 aliphatic rings. The Morgan fingerprint density at radius 2 is 1.88 bits per heavy atom. The number of ether oxygens (including phenoxy) is 1. The van der Waals surface area contributed by atoms with Crippen LogP contribution in [0, 0.1) is 5.82 Å². The van der Waals surface area contributed by atoms with Crippen molar-refractivity contribution in [3.8, 4) is 5.75 Å². The summed E-state index contributed by atoms with van der Waals surface area (Å²) in [5, 5.41) is 3.21. The van der Waals surface area contributed by atoms with E-state index in [9.17, 15) is 17.6 Å². The molecule has 2 bridgehead atoms. The van der Waals surface area contributed by atoms with Gasteiger partial charge in [-0.2, -0.15) is 0 Å². The first-order valence-corrected chi connectivity index (χ1v) is 13.1. The van der Waals surface area contributed by atoms with Crippen LogP contribution >= 0.6 is 11.6 Å². The van der Waals surface area contributed by atoms with E-state index in [-0.39, 0.29) is 39.7 Å². The Hall–Kier alpha value is -2.39. The van der Waals surface area contributed by atoms with Crippen molar-refractivity contribution >= 4 is 33.2 Å². The maximum atomic E-state index is 13.3. The molecule has 1 aromatic heterocycles. The minimum atomic E-state index is -3.29. The number of fused-ring (bicyclic) bond motifs is 2. The zero-order chi connectivity index (χ0) is 24.0. The number of amides is 1. The summed E-state index contributed by atoms with van der Waals surface area (Å²) in [6, 6.07) is 7.53. The van der Waals surface area contributed by atoms with Crippen LogP contribution in [0.5, 0.6) is 5.75 Å². The number of carbonyl (C=O) groups is 1. The van der Waals surface area contributed by atoms with E-state index >= 15 is 0 Å². The van der Waals surface area contributed by atoms with Gasteiger partial charge in [-0.25, -0.2) is 17.8 Å². The van der Waals surface area contributed by atoms with Crippen molar-refractivity contribution in [2.24, 2.45) is 0 Å². The van der Waals surface area contributed by atoms with Crippen molar-refractivity contribution in [3.63, 3.8) is 0 Å². The largest absolute Gasteiger partial charge is 0.476 e. The Morgan fingerprint density at radius 1 is 1.21 bits per heavy atom. The average Bonchev–Trinajstić information content (AvgIpc) is 3.00. The summed E-state index contributed by atoms with van der Waals surface area (Å²) in [6.07, 6.45) is 6.04. The van der Waals surface area contributed by atoms with E-state index in [0.29, 0.717) is 0 Å². The van der Waals surface area contributed by atoms with Crippen molar-refractivity contribution in [1.82, 2.24) is 10.3 Å². The quantitative estimate of drug-likeness (QED) is 0.656. The second-order valence-electron chi connectivity index (χ2n) is 9.25. The van der Waals surface area contributed by atoms with E-state index in [0.717, 1.165) is 43.8 Å². The number of carbonyl (C=O) groups excluding carboxylic acids is 1. The number of halogens is 2. The van der Waals surface area contributed by atoms with Crippen molar-refractivity contribution in [2.45, 2.75) is 68.2 Å². The van der Waals surface area contributed by atoms with Gasteiger partial charge >= 0.3 is 0 Å². The van der Waals surface area contributed by atoms with Gasteiger partial charge in [0.25, 0.3) is 5.91 Å². The maximum absolute atomic E-state index is 13.3. The highest BCUT2D eigenvalue weighted by molar-refractivity contribution is 7.90. The second kappa shape index (κ2) is 8.76. The molecule has 7 nitrogen and oxygen atoms in total. The lowest BCUT2D eigenvalue weighted by Gasteiger charge is -2.40. The molecule has 10 heteroatoms. The third-order valence-electron chi connectivity index (χ3n) is 6.29. The highest BCUT2D eigenvalue weighted by atomic mass is 35.5. The van der Waals surface area contributed by atoms with E-state index in [4.69, 9.17) is 16.3 Å². The van der Waals surface area contributed by atoms with Gasteiger partial charge in [0.15, 0.2) is 15.4 Å². The van der Waals surface area contributed by atoms with Crippen LogP contribution in [0.2, 0.25) is 5.02 Å². The van der Waals surface area contributed by atoms with Crippen LogP contribution in [0.1, 0.15) is 39.5 Å². The van der Waals surface area contributed by atoms with Crippen molar-refractivity contribution < 1.29 is 22.3 Å². The Morgan fingerprint density at radius 3 is 2.42 bits per heavy atom. The molecule has 0 saturated carbocycles. The van der Waals surface area contributed by atoms with Crippen molar-refractivity contribution in [1.29, 1.82) is 0 Å². The number of aromatic nitrogens is 1. The molecule has 178 valence electrons. The SMILES string of the molecule is CC(C)(Oc1ccc(F)cc1Cl)C(=O)NC1CC2CCC(C1)N2c1ccc(S(C)(=O)=O)cn1. The fourth-order valence-corrected chi connectivity index (χ4v) is 5.42. The summed E-state index contributed by atoms with van der Waals surface area (Å²) in [7, 11) is -3.29. The molecule has 3 heterocycles. The lowest BCUT2D eigenvalue weighted by molar-refractivity contribution is -0.135.